The Morgan fingerprint density at radius 2 is 2.00 bits per heavy atom. The van der Waals surface area contributed by atoms with Crippen LogP contribution in [0.4, 0.5) is 4.39 Å². The van der Waals surface area contributed by atoms with Crippen LogP contribution in [0.1, 0.15) is 37.7 Å². The van der Waals surface area contributed by atoms with E-state index in [1.807, 2.05) is 0 Å². The molecule has 0 spiro atoms. The molecule has 1 aliphatic carbocycles. The summed E-state index contributed by atoms with van der Waals surface area (Å²) in [6.07, 6.45) is 4.81. The van der Waals surface area contributed by atoms with Gasteiger partial charge in [-0.25, -0.2) is 4.39 Å². The molecule has 3 rings (SSSR count). The average Bonchev–Trinajstić information content (AvgIpc) is 2.88. The molecule has 5 heteroatoms. The monoisotopic (exact) mass is 267 g/mol. The van der Waals surface area contributed by atoms with Crippen LogP contribution in [0.25, 0.3) is 0 Å². The van der Waals surface area contributed by atoms with Crippen LogP contribution in [-0.4, -0.2) is 18.4 Å². The van der Waals surface area contributed by atoms with Gasteiger partial charge in [0.25, 0.3) is 0 Å². The summed E-state index contributed by atoms with van der Waals surface area (Å²) in [6, 6.07) is 1.27. The summed E-state index contributed by atoms with van der Waals surface area (Å²) in [5, 5.41) is 9.75. The van der Waals surface area contributed by atoms with Crippen LogP contribution in [0.2, 0.25) is 0 Å². The fourth-order valence-corrected chi connectivity index (χ4v) is 3.26. The normalized spacial score (nSPS) is 20.5. The van der Waals surface area contributed by atoms with Crippen molar-refractivity contribution >= 4 is 0 Å². The SMILES string of the molecule is NCC1(c2c(F)c(O)cc3c2OCO3)CCCCC1. The fourth-order valence-electron chi connectivity index (χ4n) is 3.26. The minimum Gasteiger partial charge on any atom is -0.505 e. The van der Waals surface area contributed by atoms with E-state index in [4.69, 9.17) is 15.2 Å². The molecule has 104 valence electrons. The number of phenols is 1. The van der Waals surface area contributed by atoms with E-state index in [9.17, 15) is 9.50 Å². The molecule has 1 saturated carbocycles. The molecule has 0 atom stereocenters. The largest absolute Gasteiger partial charge is 0.505 e. The predicted octanol–water partition coefficient (Wildman–Crippen LogP) is 2.42. The zero-order valence-corrected chi connectivity index (χ0v) is 10.7. The Bertz CT molecular complexity index is 498. The lowest BCUT2D eigenvalue weighted by Gasteiger charge is -2.37. The zero-order chi connectivity index (χ0) is 13.5. The van der Waals surface area contributed by atoms with Gasteiger partial charge in [-0.05, 0) is 12.8 Å². The van der Waals surface area contributed by atoms with Gasteiger partial charge in [-0.2, -0.15) is 0 Å². The van der Waals surface area contributed by atoms with Gasteiger partial charge in [-0.3, -0.25) is 0 Å². The summed E-state index contributed by atoms with van der Waals surface area (Å²) in [5.74, 6) is -0.177. The van der Waals surface area contributed by atoms with Gasteiger partial charge < -0.3 is 20.3 Å². The van der Waals surface area contributed by atoms with E-state index in [-0.39, 0.29) is 6.79 Å². The molecular formula is C14H18FNO3. The number of aromatic hydroxyl groups is 1. The third-order valence-corrected chi connectivity index (χ3v) is 4.31. The molecule has 1 heterocycles. The number of phenolic OH excluding ortho intramolecular Hbond substituents is 1. The smallest absolute Gasteiger partial charge is 0.231 e. The van der Waals surface area contributed by atoms with Crippen molar-refractivity contribution in [2.45, 2.75) is 37.5 Å². The lowest BCUT2D eigenvalue weighted by molar-refractivity contribution is 0.170. The van der Waals surface area contributed by atoms with E-state index >= 15 is 0 Å². The molecule has 0 saturated heterocycles. The van der Waals surface area contributed by atoms with Crippen LogP contribution in [0.15, 0.2) is 6.07 Å². The van der Waals surface area contributed by atoms with Gasteiger partial charge in [0.05, 0.1) is 0 Å². The molecule has 0 amide bonds. The van der Waals surface area contributed by atoms with Crippen LogP contribution in [-0.2, 0) is 5.41 Å². The Balaban J connectivity index is 2.17. The number of benzene rings is 1. The first-order valence-corrected chi connectivity index (χ1v) is 6.69. The number of fused-ring (bicyclic) bond motifs is 1. The Morgan fingerprint density at radius 1 is 1.26 bits per heavy atom. The molecule has 2 aliphatic rings. The third-order valence-electron chi connectivity index (χ3n) is 4.31. The van der Waals surface area contributed by atoms with E-state index < -0.39 is 17.0 Å². The summed E-state index contributed by atoms with van der Waals surface area (Å²) < 4.78 is 25.1. The summed E-state index contributed by atoms with van der Waals surface area (Å²) in [5.41, 5.74) is 5.90. The molecule has 1 aliphatic heterocycles. The summed E-state index contributed by atoms with van der Waals surface area (Å²) in [6.45, 7) is 0.412. The van der Waals surface area contributed by atoms with Crippen molar-refractivity contribution in [2.75, 3.05) is 13.3 Å². The van der Waals surface area contributed by atoms with Crippen LogP contribution in [0.3, 0.4) is 0 Å². The molecule has 0 unspecified atom stereocenters. The maximum atomic E-state index is 14.4. The topological polar surface area (TPSA) is 64.7 Å². The summed E-state index contributed by atoms with van der Waals surface area (Å²) in [4.78, 5) is 0. The van der Waals surface area contributed by atoms with Crippen LogP contribution >= 0.6 is 0 Å². The molecule has 0 bridgehead atoms. The van der Waals surface area contributed by atoms with Crippen molar-refractivity contribution < 1.29 is 19.0 Å². The van der Waals surface area contributed by atoms with E-state index in [0.29, 0.717) is 23.6 Å². The second-order valence-electron chi connectivity index (χ2n) is 5.36. The lowest BCUT2D eigenvalue weighted by atomic mass is 9.69. The van der Waals surface area contributed by atoms with Crippen molar-refractivity contribution in [3.63, 3.8) is 0 Å². The van der Waals surface area contributed by atoms with Gasteiger partial charge in [-0.15, -0.1) is 0 Å². The quantitative estimate of drug-likeness (QED) is 0.863. The van der Waals surface area contributed by atoms with Crippen LogP contribution in [0.5, 0.6) is 17.2 Å². The van der Waals surface area contributed by atoms with Crippen molar-refractivity contribution in [2.24, 2.45) is 5.73 Å². The lowest BCUT2D eigenvalue weighted by Crippen LogP contribution is -2.38. The average molecular weight is 267 g/mol. The highest BCUT2D eigenvalue weighted by atomic mass is 19.1. The highest BCUT2D eigenvalue weighted by molar-refractivity contribution is 5.57. The minimum atomic E-state index is -0.614. The highest BCUT2D eigenvalue weighted by Crippen LogP contribution is 2.50. The second-order valence-corrected chi connectivity index (χ2v) is 5.36. The standard InChI is InChI=1S/C14H18FNO3/c15-12-9(17)6-10-13(19-8-18-10)11(12)14(7-16)4-2-1-3-5-14/h6,17H,1-5,7-8,16H2. The van der Waals surface area contributed by atoms with E-state index in [1.54, 1.807) is 0 Å². The predicted molar refractivity (Wildman–Crippen MR) is 68.0 cm³/mol. The summed E-state index contributed by atoms with van der Waals surface area (Å²) in [7, 11) is 0. The summed E-state index contributed by atoms with van der Waals surface area (Å²) >= 11 is 0. The third kappa shape index (κ3) is 1.84. The van der Waals surface area contributed by atoms with Crippen LogP contribution < -0.4 is 15.2 Å². The number of rotatable bonds is 2. The van der Waals surface area contributed by atoms with Gasteiger partial charge in [-0.1, -0.05) is 19.3 Å². The van der Waals surface area contributed by atoms with Gasteiger partial charge >= 0.3 is 0 Å². The second kappa shape index (κ2) is 4.56. The number of ether oxygens (including phenoxy) is 2. The van der Waals surface area contributed by atoms with E-state index in [2.05, 4.69) is 0 Å². The zero-order valence-electron chi connectivity index (χ0n) is 10.7. The van der Waals surface area contributed by atoms with Gasteiger partial charge in [0, 0.05) is 23.6 Å². The molecule has 19 heavy (non-hydrogen) atoms. The van der Waals surface area contributed by atoms with Crippen molar-refractivity contribution in [1.29, 1.82) is 0 Å². The Kier molecular flexibility index (Phi) is 3.01. The number of halogens is 1. The number of hydrogen-bond donors (Lipinski definition) is 2. The number of nitrogens with two attached hydrogens (primary N) is 1. The molecule has 0 aromatic heterocycles. The minimum absolute atomic E-state index is 0.0614. The molecule has 4 nitrogen and oxygen atoms in total. The molecule has 1 fully saturated rings. The van der Waals surface area contributed by atoms with Gasteiger partial charge in [0.2, 0.25) is 6.79 Å². The molecule has 1 aromatic carbocycles. The van der Waals surface area contributed by atoms with Crippen molar-refractivity contribution in [3.05, 3.63) is 17.4 Å². The van der Waals surface area contributed by atoms with Crippen molar-refractivity contribution in [3.8, 4) is 17.2 Å². The Morgan fingerprint density at radius 3 is 2.68 bits per heavy atom. The molecule has 3 N–H and O–H groups in total. The fraction of sp³-hybridized carbons (Fsp3) is 0.571. The van der Waals surface area contributed by atoms with Gasteiger partial charge in [0.15, 0.2) is 23.1 Å². The maximum Gasteiger partial charge on any atom is 0.231 e. The Labute approximate surface area is 111 Å². The molecule has 0 radical (unpaired) electrons. The Hall–Kier alpha value is -1.49. The molecule has 1 aromatic rings. The highest BCUT2D eigenvalue weighted by Gasteiger charge is 2.41. The number of hydrogen-bond acceptors (Lipinski definition) is 4. The van der Waals surface area contributed by atoms with Crippen LogP contribution in [0, 0.1) is 5.82 Å². The maximum absolute atomic E-state index is 14.4. The van der Waals surface area contributed by atoms with E-state index in [1.165, 1.54) is 6.07 Å². The first kappa shape index (κ1) is 12.5. The molecular weight excluding hydrogens is 249 g/mol. The van der Waals surface area contributed by atoms with Crippen molar-refractivity contribution in [1.82, 2.24) is 0 Å². The first-order chi connectivity index (χ1) is 9.18. The van der Waals surface area contributed by atoms with Gasteiger partial charge in [0.1, 0.15) is 0 Å². The first-order valence-electron chi connectivity index (χ1n) is 6.69. The van der Waals surface area contributed by atoms with E-state index in [0.717, 1.165) is 32.1 Å².